The predicted molar refractivity (Wildman–Crippen MR) is 230 cm³/mol. The van der Waals surface area contributed by atoms with Crippen LogP contribution >= 0.6 is 0 Å². The minimum absolute atomic E-state index is 0.00413. The SMILES string of the molecule is C=C(C)[C@H]1Cc2c(ccc3c2O[C@@H]2COc4cc(C)c(OC)cc4[C@@H]2C32CO2)O1.C=C(C)[C@H]1Cc2c(ccc3c2O[C@@H]2COc4cc(C)c(OC)cc4[C@@H]2[C@]32CC3O[C@]3(O)[C@@H](O)O2)O1. The van der Waals surface area contributed by atoms with Crippen molar-refractivity contribution in [3.05, 3.63) is 117 Å². The number of benzene rings is 4. The molecule has 3 fully saturated rings. The third-order valence-electron chi connectivity index (χ3n) is 14.9. The zero-order valence-electron chi connectivity index (χ0n) is 36.8. The summed E-state index contributed by atoms with van der Waals surface area (Å²) in [5.74, 6) is 4.56. The van der Waals surface area contributed by atoms with Crippen LogP contribution in [0.25, 0.3) is 0 Å². The van der Waals surface area contributed by atoms with Gasteiger partial charge in [-0.2, -0.15) is 0 Å². The first-order valence-electron chi connectivity index (χ1n) is 22.1. The Bertz CT molecular complexity index is 2690. The number of hydrogen-bond donors (Lipinski definition) is 2. The molecule has 13 rings (SSSR count). The van der Waals surface area contributed by atoms with Crippen molar-refractivity contribution >= 4 is 0 Å². The molecule has 2 unspecified atom stereocenters. The Morgan fingerprint density at radius 2 is 1.16 bits per heavy atom. The molecular weight excluding hydrogens is 821 g/mol. The lowest BCUT2D eigenvalue weighted by atomic mass is 9.67. The fourth-order valence-corrected chi connectivity index (χ4v) is 11.5. The summed E-state index contributed by atoms with van der Waals surface area (Å²) < 4.78 is 67.1. The maximum atomic E-state index is 10.9. The number of epoxide rings is 2. The van der Waals surface area contributed by atoms with E-state index in [1.807, 2.05) is 52.0 Å². The van der Waals surface area contributed by atoms with Crippen LogP contribution in [-0.2, 0) is 38.3 Å². The van der Waals surface area contributed by atoms with Gasteiger partial charge in [-0.3, -0.25) is 0 Å². The second-order valence-electron chi connectivity index (χ2n) is 18.9. The second kappa shape index (κ2) is 13.8. The molecule has 9 aliphatic heterocycles. The van der Waals surface area contributed by atoms with Crippen LogP contribution in [0.4, 0.5) is 0 Å². The van der Waals surface area contributed by atoms with Crippen molar-refractivity contribution in [1.82, 2.24) is 0 Å². The lowest BCUT2D eigenvalue weighted by molar-refractivity contribution is -0.290. The minimum atomic E-state index is -1.68. The van der Waals surface area contributed by atoms with E-state index in [2.05, 4.69) is 37.4 Å². The van der Waals surface area contributed by atoms with Crippen molar-refractivity contribution in [1.29, 1.82) is 0 Å². The van der Waals surface area contributed by atoms with Crippen molar-refractivity contribution in [2.24, 2.45) is 0 Å². The van der Waals surface area contributed by atoms with Gasteiger partial charge in [-0.25, -0.2) is 0 Å². The summed E-state index contributed by atoms with van der Waals surface area (Å²) in [6.07, 6.45) is -0.900. The van der Waals surface area contributed by atoms with Gasteiger partial charge in [-0.1, -0.05) is 13.2 Å². The van der Waals surface area contributed by atoms with Crippen LogP contribution in [0.2, 0.25) is 0 Å². The molecule has 0 bridgehead atoms. The Hall–Kier alpha value is -5.44. The third kappa shape index (κ3) is 5.60. The fourth-order valence-electron chi connectivity index (χ4n) is 11.5. The normalized spacial score (nSPS) is 34.1. The van der Waals surface area contributed by atoms with Crippen molar-refractivity contribution in [3.8, 4) is 46.0 Å². The monoisotopic (exact) mass is 872 g/mol. The van der Waals surface area contributed by atoms with Crippen molar-refractivity contribution in [3.63, 3.8) is 0 Å². The first kappa shape index (κ1) is 40.1. The Kier molecular flexibility index (Phi) is 8.64. The minimum Gasteiger partial charge on any atom is -0.496 e. The molecule has 0 aliphatic carbocycles. The third-order valence-corrected chi connectivity index (χ3v) is 14.9. The molecule has 11 atom stereocenters. The summed E-state index contributed by atoms with van der Waals surface area (Å²) in [6, 6.07) is 16.1. The number of fused-ring (bicyclic) bond motifs is 17. The molecule has 3 saturated heterocycles. The van der Waals surface area contributed by atoms with Crippen LogP contribution in [0.5, 0.6) is 46.0 Å². The van der Waals surface area contributed by atoms with Crippen LogP contribution in [-0.4, -0.2) is 86.9 Å². The van der Waals surface area contributed by atoms with Gasteiger partial charge in [0, 0.05) is 52.6 Å². The Balaban J connectivity index is 0.000000138. The highest BCUT2D eigenvalue weighted by Gasteiger charge is 2.73. The summed E-state index contributed by atoms with van der Waals surface area (Å²) in [5, 5.41) is 21.5. The largest absolute Gasteiger partial charge is 0.496 e. The summed E-state index contributed by atoms with van der Waals surface area (Å²) >= 11 is 0. The number of aliphatic hydroxyl groups excluding tert-OH is 1. The first-order valence-corrected chi connectivity index (χ1v) is 22.1. The maximum Gasteiger partial charge on any atom is 0.245 e. The van der Waals surface area contributed by atoms with E-state index >= 15 is 0 Å². The quantitative estimate of drug-likeness (QED) is 0.162. The van der Waals surface area contributed by atoms with Crippen molar-refractivity contribution < 1.29 is 62.3 Å². The van der Waals surface area contributed by atoms with Gasteiger partial charge in [0.05, 0.1) is 32.7 Å². The Morgan fingerprint density at radius 3 is 1.61 bits per heavy atom. The summed E-state index contributed by atoms with van der Waals surface area (Å²) in [4.78, 5) is 0. The second-order valence-corrected chi connectivity index (χ2v) is 18.9. The molecule has 13 heteroatoms. The number of aliphatic hydroxyl groups is 2. The van der Waals surface area contributed by atoms with Gasteiger partial charge in [0.15, 0.2) is 0 Å². The van der Waals surface area contributed by atoms with E-state index in [0.717, 1.165) is 102 Å². The average molecular weight is 873 g/mol. The number of hydrogen-bond acceptors (Lipinski definition) is 13. The highest BCUT2D eigenvalue weighted by Crippen LogP contribution is 2.65. The Morgan fingerprint density at radius 1 is 0.672 bits per heavy atom. The smallest absolute Gasteiger partial charge is 0.245 e. The van der Waals surface area contributed by atoms with E-state index < -0.39 is 29.9 Å². The van der Waals surface area contributed by atoms with E-state index in [1.54, 1.807) is 14.2 Å². The number of aryl methyl sites for hydroxylation is 2. The van der Waals surface area contributed by atoms with Crippen LogP contribution in [0.1, 0.15) is 76.6 Å². The Labute approximate surface area is 371 Å². The van der Waals surface area contributed by atoms with E-state index in [9.17, 15) is 10.2 Å². The molecule has 0 aromatic heterocycles. The van der Waals surface area contributed by atoms with E-state index in [1.165, 1.54) is 0 Å². The molecule has 2 spiro atoms. The molecule has 0 saturated carbocycles. The average Bonchev–Trinajstić information content (AvgIpc) is 4.06. The summed E-state index contributed by atoms with van der Waals surface area (Å²) in [7, 11) is 3.34. The molecule has 4 aromatic rings. The lowest BCUT2D eigenvalue weighted by Crippen LogP contribution is -2.58. The zero-order valence-corrected chi connectivity index (χ0v) is 36.8. The van der Waals surface area contributed by atoms with Crippen LogP contribution in [0.15, 0.2) is 72.8 Å². The first-order chi connectivity index (χ1) is 30.8. The van der Waals surface area contributed by atoms with E-state index in [4.69, 9.17) is 52.1 Å². The predicted octanol–water partition coefficient (Wildman–Crippen LogP) is 6.89. The molecular formula is C51H52O13. The topological polar surface area (TPSA) is 149 Å². The zero-order chi connectivity index (χ0) is 44.2. The molecule has 4 aromatic carbocycles. The highest BCUT2D eigenvalue weighted by molar-refractivity contribution is 5.62. The molecule has 13 nitrogen and oxygen atoms in total. The van der Waals surface area contributed by atoms with Gasteiger partial charge < -0.3 is 62.3 Å². The fraction of sp³-hybridized carbons (Fsp3) is 0.451. The number of rotatable bonds is 4. The summed E-state index contributed by atoms with van der Waals surface area (Å²) in [6.45, 7) is 17.6. The van der Waals surface area contributed by atoms with Gasteiger partial charge in [-0.05, 0) is 98.5 Å². The van der Waals surface area contributed by atoms with Crippen molar-refractivity contribution in [2.45, 2.75) is 113 Å². The summed E-state index contributed by atoms with van der Waals surface area (Å²) in [5.41, 5.74) is 8.60. The van der Waals surface area contributed by atoms with E-state index in [-0.39, 0.29) is 35.7 Å². The molecule has 0 radical (unpaired) electrons. The van der Waals surface area contributed by atoms with Crippen LogP contribution in [0.3, 0.4) is 0 Å². The van der Waals surface area contributed by atoms with Gasteiger partial charge in [0.25, 0.3) is 0 Å². The van der Waals surface area contributed by atoms with Crippen LogP contribution < -0.4 is 37.9 Å². The van der Waals surface area contributed by atoms with Gasteiger partial charge in [0.2, 0.25) is 12.1 Å². The van der Waals surface area contributed by atoms with Gasteiger partial charge in [-0.15, -0.1) is 0 Å². The number of methoxy groups -OCH3 is 2. The molecule has 9 aliphatic rings. The molecule has 64 heavy (non-hydrogen) atoms. The van der Waals surface area contributed by atoms with Gasteiger partial charge >= 0.3 is 0 Å². The molecule has 2 N–H and O–H groups in total. The molecule has 9 heterocycles. The van der Waals surface area contributed by atoms with Gasteiger partial charge in [0.1, 0.15) is 101 Å². The molecule has 0 amide bonds. The highest BCUT2D eigenvalue weighted by atomic mass is 16.8. The number of ether oxygens (including phenoxy) is 11. The van der Waals surface area contributed by atoms with Crippen LogP contribution in [0, 0.1) is 13.8 Å². The standard InChI is InChI=1S/C27H28O8.C24H24O5/c1-12(2)18-9-15-17(32-18)6-5-16-24(15)33-21-11-31-20-7-13(3)19(30-4)8-14(20)23(21)26(16)10-22-27(29,34-22)25(28)35-26;1-12(2)18-9-15-17(28-18)6-5-16-23(15)29-21-10-26-20-7-13(3)19(25-4)8-14(20)22(21)24(16)11-27-24/h5-8,18,21-23,25,28-29H,1,9-11H2,2-4H3;5-8,18,21-22H,1,9-11H2,2-4H3/t18-,21-,22?,23+,25+,26+,27+;18-,21-,22+,24?/m11/s1. The van der Waals surface area contributed by atoms with Crippen molar-refractivity contribution in [2.75, 3.05) is 34.0 Å². The van der Waals surface area contributed by atoms with E-state index in [0.29, 0.717) is 38.4 Å². The lowest BCUT2D eigenvalue weighted by Gasteiger charge is -2.52. The molecule has 334 valence electrons. The maximum absolute atomic E-state index is 10.9.